The van der Waals surface area contributed by atoms with Gasteiger partial charge in [0, 0.05) is 38.0 Å². The molecule has 0 aromatic heterocycles. The smallest absolute Gasteiger partial charge is 0.222 e. The van der Waals surface area contributed by atoms with E-state index in [1.807, 2.05) is 18.7 Å². The maximum absolute atomic E-state index is 12.2. The number of hydrogen-bond donors (Lipinski definition) is 1. The second-order valence-corrected chi connectivity index (χ2v) is 6.26. The summed E-state index contributed by atoms with van der Waals surface area (Å²) in [4.78, 5) is 14.1. The lowest BCUT2D eigenvalue weighted by molar-refractivity contribution is -0.140. The van der Waals surface area contributed by atoms with Gasteiger partial charge in [-0.25, -0.2) is 0 Å². The number of nitrogens with zero attached hydrogens (tertiary/aromatic N) is 1. The minimum Gasteiger partial charge on any atom is -0.392 e. The molecule has 2 bridgehead atoms. The van der Waals surface area contributed by atoms with E-state index in [0.717, 1.165) is 32.4 Å². The van der Waals surface area contributed by atoms with Crippen molar-refractivity contribution < 1.29 is 14.6 Å². The molecule has 1 aliphatic heterocycles. The molecular formula is C15H27NO3. The van der Waals surface area contributed by atoms with Crippen LogP contribution in [0.5, 0.6) is 0 Å². The molecule has 4 heteroatoms. The summed E-state index contributed by atoms with van der Waals surface area (Å²) in [5, 5.41) is 10.1. The summed E-state index contributed by atoms with van der Waals surface area (Å²) in [6, 6.07) is 0. The Morgan fingerprint density at radius 3 is 2.53 bits per heavy atom. The van der Waals surface area contributed by atoms with Crippen LogP contribution in [0.15, 0.2) is 0 Å². The highest BCUT2D eigenvalue weighted by atomic mass is 16.5. The highest BCUT2D eigenvalue weighted by molar-refractivity contribution is 5.76. The molecule has 1 amide bonds. The Balaban J connectivity index is 1.74. The zero-order chi connectivity index (χ0) is 13.8. The maximum atomic E-state index is 12.2. The molecule has 2 rings (SSSR count). The average molecular weight is 269 g/mol. The number of carbonyl (C=O) groups is 1. The van der Waals surface area contributed by atoms with Gasteiger partial charge in [0.25, 0.3) is 0 Å². The van der Waals surface area contributed by atoms with E-state index in [1.54, 1.807) is 0 Å². The largest absolute Gasteiger partial charge is 0.392 e. The average Bonchev–Trinajstić information content (AvgIpc) is 2.33. The van der Waals surface area contributed by atoms with E-state index in [0.29, 0.717) is 24.9 Å². The molecule has 1 N–H and O–H groups in total. The maximum Gasteiger partial charge on any atom is 0.222 e. The van der Waals surface area contributed by atoms with Crippen LogP contribution in [0.3, 0.4) is 0 Å². The van der Waals surface area contributed by atoms with Gasteiger partial charge in [-0.3, -0.25) is 4.79 Å². The lowest BCUT2D eigenvalue weighted by Crippen LogP contribution is -2.53. The molecule has 3 atom stereocenters. The van der Waals surface area contributed by atoms with Crippen LogP contribution in [-0.4, -0.2) is 47.8 Å². The summed E-state index contributed by atoms with van der Waals surface area (Å²) in [6.07, 6.45) is 4.77. The van der Waals surface area contributed by atoms with E-state index < -0.39 is 0 Å². The Morgan fingerprint density at radius 2 is 1.95 bits per heavy atom. The first-order valence-corrected chi connectivity index (χ1v) is 7.65. The van der Waals surface area contributed by atoms with Gasteiger partial charge < -0.3 is 14.7 Å². The second-order valence-electron chi connectivity index (χ2n) is 6.26. The molecule has 1 unspecified atom stereocenters. The fraction of sp³-hybridized carbons (Fsp3) is 0.933. The first-order valence-electron chi connectivity index (χ1n) is 7.65. The molecular weight excluding hydrogens is 242 g/mol. The number of fused-ring (bicyclic) bond motifs is 2. The minimum absolute atomic E-state index is 0.179. The van der Waals surface area contributed by atoms with Crippen molar-refractivity contribution in [1.82, 2.24) is 4.90 Å². The Hall–Kier alpha value is -0.610. The first-order chi connectivity index (χ1) is 9.08. The molecule has 0 aromatic rings. The topological polar surface area (TPSA) is 49.8 Å². The molecule has 1 saturated heterocycles. The van der Waals surface area contributed by atoms with Crippen LogP contribution in [0, 0.1) is 11.8 Å². The third-order valence-electron chi connectivity index (χ3n) is 4.36. The number of likely N-dealkylation sites (tertiary alicyclic amines) is 1. The Morgan fingerprint density at radius 1 is 1.32 bits per heavy atom. The van der Waals surface area contributed by atoms with Crippen LogP contribution in [0.4, 0.5) is 0 Å². The molecule has 1 saturated carbocycles. The van der Waals surface area contributed by atoms with Crippen LogP contribution in [0.2, 0.25) is 0 Å². The van der Waals surface area contributed by atoms with Crippen LogP contribution in [-0.2, 0) is 9.53 Å². The number of rotatable bonds is 5. The minimum atomic E-state index is -0.179. The Labute approximate surface area is 116 Å². The molecule has 2 aliphatic rings. The van der Waals surface area contributed by atoms with Crippen LogP contribution in [0.1, 0.15) is 46.0 Å². The predicted molar refractivity (Wildman–Crippen MR) is 73.7 cm³/mol. The van der Waals surface area contributed by atoms with Crippen LogP contribution in [0.25, 0.3) is 0 Å². The van der Waals surface area contributed by atoms with Gasteiger partial charge in [-0.2, -0.15) is 0 Å². The summed E-state index contributed by atoms with van der Waals surface area (Å²) in [5.74, 6) is 0.850. The number of carbonyl (C=O) groups excluding carboxylic acids is 1. The fourth-order valence-corrected chi connectivity index (χ4v) is 3.31. The number of amides is 1. The summed E-state index contributed by atoms with van der Waals surface area (Å²) in [5.41, 5.74) is 0. The van der Waals surface area contributed by atoms with E-state index in [1.165, 1.54) is 6.42 Å². The first kappa shape index (κ1) is 14.8. The SMILES string of the molecule is CC(C)OCCCC(=O)N1C[C@H]2CCC[C@@H](C1)C2O. The van der Waals surface area contributed by atoms with Gasteiger partial charge in [-0.15, -0.1) is 0 Å². The van der Waals surface area contributed by atoms with E-state index in [-0.39, 0.29) is 18.1 Å². The molecule has 0 aromatic carbocycles. The normalized spacial score (nSPS) is 30.7. The third kappa shape index (κ3) is 3.93. The molecule has 1 aliphatic carbocycles. The monoisotopic (exact) mass is 269 g/mol. The molecule has 2 fully saturated rings. The zero-order valence-electron chi connectivity index (χ0n) is 12.2. The van der Waals surface area contributed by atoms with Crippen molar-refractivity contribution in [1.29, 1.82) is 0 Å². The van der Waals surface area contributed by atoms with Crippen molar-refractivity contribution in [2.45, 2.75) is 58.2 Å². The van der Waals surface area contributed by atoms with E-state index in [2.05, 4.69) is 0 Å². The highest BCUT2D eigenvalue weighted by Gasteiger charge is 2.39. The van der Waals surface area contributed by atoms with Crippen LogP contribution >= 0.6 is 0 Å². The quantitative estimate of drug-likeness (QED) is 0.774. The van der Waals surface area contributed by atoms with E-state index >= 15 is 0 Å². The Kier molecular flexibility index (Phi) is 5.22. The predicted octanol–water partition coefficient (Wildman–Crippen LogP) is 1.81. The van der Waals surface area contributed by atoms with Crippen molar-refractivity contribution in [2.24, 2.45) is 11.8 Å². The van der Waals surface area contributed by atoms with Gasteiger partial charge in [-0.1, -0.05) is 6.42 Å². The number of hydrogen-bond acceptors (Lipinski definition) is 3. The number of aliphatic hydroxyl groups excluding tert-OH is 1. The van der Waals surface area contributed by atoms with Crippen molar-refractivity contribution in [3.8, 4) is 0 Å². The summed E-state index contributed by atoms with van der Waals surface area (Å²) < 4.78 is 5.46. The van der Waals surface area contributed by atoms with Crippen molar-refractivity contribution in [3.63, 3.8) is 0 Å². The highest BCUT2D eigenvalue weighted by Crippen LogP contribution is 2.34. The molecule has 4 nitrogen and oxygen atoms in total. The van der Waals surface area contributed by atoms with Gasteiger partial charge in [0.2, 0.25) is 5.91 Å². The van der Waals surface area contributed by atoms with Gasteiger partial charge in [0.1, 0.15) is 0 Å². The molecule has 0 radical (unpaired) electrons. The fourth-order valence-electron chi connectivity index (χ4n) is 3.31. The summed E-state index contributed by atoms with van der Waals surface area (Å²) in [7, 11) is 0. The van der Waals surface area contributed by atoms with Gasteiger partial charge in [-0.05, 0) is 33.1 Å². The molecule has 19 heavy (non-hydrogen) atoms. The molecule has 110 valence electrons. The van der Waals surface area contributed by atoms with Crippen molar-refractivity contribution >= 4 is 5.91 Å². The molecule has 1 heterocycles. The van der Waals surface area contributed by atoms with E-state index in [4.69, 9.17) is 4.74 Å². The third-order valence-corrected chi connectivity index (χ3v) is 4.36. The zero-order valence-corrected chi connectivity index (χ0v) is 12.2. The van der Waals surface area contributed by atoms with Crippen molar-refractivity contribution in [3.05, 3.63) is 0 Å². The Bertz CT molecular complexity index is 292. The standard InChI is InChI=1S/C15H27NO3/c1-11(2)19-8-4-7-14(17)16-9-12-5-3-6-13(10-16)15(12)18/h11-13,15,18H,3-10H2,1-2H3/t12-,13+,15?. The summed E-state index contributed by atoms with van der Waals surface area (Å²) >= 11 is 0. The molecule has 0 spiro atoms. The van der Waals surface area contributed by atoms with Crippen LogP contribution < -0.4 is 0 Å². The van der Waals surface area contributed by atoms with Crippen molar-refractivity contribution in [2.75, 3.05) is 19.7 Å². The second kappa shape index (κ2) is 6.71. The van der Waals surface area contributed by atoms with E-state index in [9.17, 15) is 9.90 Å². The number of aliphatic hydroxyl groups is 1. The number of ether oxygens (including phenoxy) is 1. The summed E-state index contributed by atoms with van der Waals surface area (Å²) in [6.45, 7) is 6.18. The van der Waals surface area contributed by atoms with Gasteiger partial charge >= 0.3 is 0 Å². The number of piperidine rings is 1. The lowest BCUT2D eigenvalue weighted by atomic mass is 9.75. The van der Waals surface area contributed by atoms with Gasteiger partial charge in [0.05, 0.1) is 12.2 Å². The van der Waals surface area contributed by atoms with Gasteiger partial charge in [0.15, 0.2) is 0 Å². The lowest BCUT2D eigenvalue weighted by Gasteiger charge is -2.45.